The number of rotatable bonds is 4. The van der Waals surface area contributed by atoms with E-state index in [0.717, 1.165) is 37.1 Å². The van der Waals surface area contributed by atoms with Gasteiger partial charge in [-0.15, -0.1) is 22.7 Å². The molecule has 1 fully saturated rings. The van der Waals surface area contributed by atoms with E-state index in [1.807, 2.05) is 11.4 Å². The van der Waals surface area contributed by atoms with Crippen molar-refractivity contribution in [1.82, 2.24) is 14.2 Å². The number of hydrogen-bond acceptors (Lipinski definition) is 7. The molecule has 0 aliphatic carbocycles. The Morgan fingerprint density at radius 3 is 2.81 bits per heavy atom. The number of benzene rings is 1. The van der Waals surface area contributed by atoms with Gasteiger partial charge in [-0.05, 0) is 40.6 Å². The van der Waals surface area contributed by atoms with E-state index >= 15 is 0 Å². The molecule has 1 aliphatic rings. The highest BCUT2D eigenvalue weighted by atomic mass is 35.5. The number of sulfonamides is 1. The van der Waals surface area contributed by atoms with Crippen molar-refractivity contribution in [2.45, 2.75) is 10.8 Å². The Morgan fingerprint density at radius 1 is 1.16 bits per heavy atom. The van der Waals surface area contributed by atoms with Crippen LogP contribution in [-0.4, -0.2) is 48.1 Å². The molecule has 0 atom stereocenters. The van der Waals surface area contributed by atoms with Crippen molar-refractivity contribution in [2.24, 2.45) is 0 Å². The number of carbonyl (C=O) groups excluding carboxylic acids is 1. The van der Waals surface area contributed by atoms with Crippen LogP contribution in [0.4, 0.5) is 5.82 Å². The van der Waals surface area contributed by atoms with Gasteiger partial charge in [0.25, 0.3) is 10.0 Å². The predicted molar refractivity (Wildman–Crippen MR) is 125 cm³/mol. The summed E-state index contributed by atoms with van der Waals surface area (Å²) in [5.74, 6) is 0.202. The standard InChI is InChI=1S/C20H17ClN4O3S3/c21-14-2-1-12-7-18(30-16(12)8-14)31(27,28)25-6-5-24(17(26)10-25)9-13-11-29-15-3-4-23-20(22)19(13)15/h1-4,7-8,11H,5-6,9-10H2,(H2,22,23). The molecule has 1 aromatic carbocycles. The second-order valence-corrected chi connectivity index (χ2v) is 11.8. The maximum atomic E-state index is 13.1. The van der Waals surface area contributed by atoms with Crippen molar-refractivity contribution in [3.8, 4) is 0 Å². The van der Waals surface area contributed by atoms with Gasteiger partial charge in [-0.3, -0.25) is 4.79 Å². The first kappa shape index (κ1) is 20.7. The molecule has 160 valence electrons. The predicted octanol–water partition coefficient (Wildman–Crippen LogP) is 3.78. The van der Waals surface area contributed by atoms with Gasteiger partial charge in [0.05, 0.1) is 6.54 Å². The summed E-state index contributed by atoms with van der Waals surface area (Å²) in [5.41, 5.74) is 6.95. The van der Waals surface area contributed by atoms with Crippen molar-refractivity contribution in [3.63, 3.8) is 0 Å². The molecule has 7 nitrogen and oxygen atoms in total. The Hall–Kier alpha value is -2.24. The molecule has 0 radical (unpaired) electrons. The molecule has 0 unspecified atom stereocenters. The average molecular weight is 493 g/mol. The van der Waals surface area contributed by atoms with Crippen LogP contribution < -0.4 is 5.73 Å². The Kier molecular flexibility index (Phi) is 5.14. The number of aromatic nitrogens is 1. The maximum Gasteiger partial charge on any atom is 0.253 e. The van der Waals surface area contributed by atoms with E-state index in [-0.39, 0.29) is 23.2 Å². The number of thiophene rings is 2. The van der Waals surface area contributed by atoms with Crippen LogP contribution in [0, 0.1) is 0 Å². The number of amides is 1. The topological polar surface area (TPSA) is 96.6 Å². The first-order valence-electron chi connectivity index (χ1n) is 9.40. The molecule has 1 aliphatic heterocycles. The Balaban J connectivity index is 1.35. The maximum absolute atomic E-state index is 13.1. The molecule has 1 saturated heterocycles. The van der Waals surface area contributed by atoms with E-state index in [1.165, 1.54) is 4.31 Å². The van der Waals surface area contributed by atoms with E-state index < -0.39 is 10.0 Å². The Labute approximate surface area is 191 Å². The zero-order chi connectivity index (χ0) is 21.8. The fraction of sp³-hybridized carbons (Fsp3) is 0.200. The lowest BCUT2D eigenvalue weighted by atomic mass is 10.2. The summed E-state index contributed by atoms with van der Waals surface area (Å²) >= 11 is 8.73. The van der Waals surface area contributed by atoms with Crippen molar-refractivity contribution >= 4 is 76.2 Å². The minimum Gasteiger partial charge on any atom is -0.383 e. The third-order valence-electron chi connectivity index (χ3n) is 5.29. The van der Waals surface area contributed by atoms with Gasteiger partial charge in [0.2, 0.25) is 5.91 Å². The van der Waals surface area contributed by atoms with E-state index in [9.17, 15) is 13.2 Å². The molecule has 4 heterocycles. The molecule has 2 N–H and O–H groups in total. The number of hydrogen-bond donors (Lipinski definition) is 1. The minimum absolute atomic E-state index is 0.187. The van der Waals surface area contributed by atoms with Gasteiger partial charge in [0.1, 0.15) is 10.0 Å². The molecule has 31 heavy (non-hydrogen) atoms. The van der Waals surface area contributed by atoms with Crippen LogP contribution >= 0.6 is 34.3 Å². The van der Waals surface area contributed by atoms with Crippen LogP contribution in [0.15, 0.2) is 46.1 Å². The van der Waals surface area contributed by atoms with Gasteiger partial charge in [0.15, 0.2) is 0 Å². The molecular formula is C20H17ClN4O3S3. The van der Waals surface area contributed by atoms with Gasteiger partial charge in [0, 0.05) is 45.6 Å². The summed E-state index contributed by atoms with van der Waals surface area (Å²) in [4.78, 5) is 18.6. The fourth-order valence-electron chi connectivity index (χ4n) is 3.69. The molecule has 0 bridgehead atoms. The van der Waals surface area contributed by atoms with Crippen molar-refractivity contribution < 1.29 is 13.2 Å². The third-order valence-corrected chi connectivity index (χ3v) is 9.91. The number of nitrogen functional groups attached to an aromatic ring is 1. The van der Waals surface area contributed by atoms with Gasteiger partial charge >= 0.3 is 0 Å². The molecule has 3 aromatic heterocycles. The van der Waals surface area contributed by atoms with E-state index in [1.54, 1.807) is 46.7 Å². The van der Waals surface area contributed by atoms with E-state index in [2.05, 4.69) is 4.98 Å². The zero-order valence-electron chi connectivity index (χ0n) is 16.1. The molecule has 5 rings (SSSR count). The number of halogens is 1. The van der Waals surface area contributed by atoms with Crippen LogP contribution in [0.5, 0.6) is 0 Å². The molecule has 0 saturated carbocycles. The second-order valence-electron chi connectivity index (χ2n) is 7.23. The van der Waals surface area contributed by atoms with Crippen LogP contribution in [0.1, 0.15) is 5.56 Å². The largest absolute Gasteiger partial charge is 0.383 e. The van der Waals surface area contributed by atoms with Crippen molar-refractivity contribution in [1.29, 1.82) is 0 Å². The van der Waals surface area contributed by atoms with E-state index in [0.29, 0.717) is 23.9 Å². The number of fused-ring (bicyclic) bond motifs is 2. The van der Waals surface area contributed by atoms with Crippen molar-refractivity contribution in [3.05, 3.63) is 52.5 Å². The number of pyridine rings is 1. The summed E-state index contributed by atoms with van der Waals surface area (Å²) in [6.45, 7) is 0.738. The normalized spacial score (nSPS) is 15.9. The van der Waals surface area contributed by atoms with Crippen LogP contribution in [0.3, 0.4) is 0 Å². The second kappa shape index (κ2) is 7.72. The third kappa shape index (κ3) is 3.68. The van der Waals surface area contributed by atoms with Crippen LogP contribution in [-0.2, 0) is 21.4 Å². The minimum atomic E-state index is -3.76. The summed E-state index contributed by atoms with van der Waals surface area (Å²) in [5, 5.41) is 4.20. The first-order valence-corrected chi connectivity index (χ1v) is 12.9. The van der Waals surface area contributed by atoms with Gasteiger partial charge in [-0.2, -0.15) is 4.31 Å². The summed E-state index contributed by atoms with van der Waals surface area (Å²) in [6.07, 6.45) is 1.66. The smallest absolute Gasteiger partial charge is 0.253 e. The zero-order valence-corrected chi connectivity index (χ0v) is 19.3. The van der Waals surface area contributed by atoms with E-state index in [4.69, 9.17) is 17.3 Å². The van der Waals surface area contributed by atoms with Crippen LogP contribution in [0.2, 0.25) is 5.02 Å². The Morgan fingerprint density at radius 2 is 2.00 bits per heavy atom. The molecule has 0 spiro atoms. The molecule has 4 aromatic rings. The summed E-state index contributed by atoms with van der Waals surface area (Å²) in [6, 6.07) is 8.79. The SMILES string of the molecule is Nc1nccc2scc(CN3CCN(S(=O)(=O)c4cc5ccc(Cl)cc5s4)CC3=O)c12. The lowest BCUT2D eigenvalue weighted by molar-refractivity contribution is -0.134. The lowest BCUT2D eigenvalue weighted by Crippen LogP contribution is -2.51. The summed E-state index contributed by atoms with van der Waals surface area (Å²) < 4.78 is 29.6. The molecular weight excluding hydrogens is 476 g/mol. The average Bonchev–Trinajstić information content (AvgIpc) is 3.34. The highest BCUT2D eigenvalue weighted by Gasteiger charge is 2.34. The quantitative estimate of drug-likeness (QED) is 0.467. The lowest BCUT2D eigenvalue weighted by Gasteiger charge is -2.33. The monoisotopic (exact) mass is 492 g/mol. The number of nitrogens with zero attached hydrogens (tertiary/aromatic N) is 3. The summed E-state index contributed by atoms with van der Waals surface area (Å²) in [7, 11) is -3.76. The molecule has 11 heteroatoms. The van der Waals surface area contributed by atoms with Crippen LogP contribution in [0.25, 0.3) is 20.2 Å². The number of carbonyl (C=O) groups is 1. The first-order chi connectivity index (χ1) is 14.8. The van der Waals surface area contributed by atoms with Crippen molar-refractivity contribution in [2.75, 3.05) is 25.4 Å². The fourth-order valence-corrected chi connectivity index (χ4v) is 7.85. The van der Waals surface area contributed by atoms with Gasteiger partial charge in [-0.25, -0.2) is 13.4 Å². The van der Waals surface area contributed by atoms with Gasteiger partial charge in [-0.1, -0.05) is 17.7 Å². The highest BCUT2D eigenvalue weighted by molar-refractivity contribution is 7.91. The van der Waals surface area contributed by atoms with Gasteiger partial charge < -0.3 is 10.6 Å². The Bertz CT molecular complexity index is 1430. The number of anilines is 1. The highest BCUT2D eigenvalue weighted by Crippen LogP contribution is 2.34. The number of piperazine rings is 1. The number of nitrogens with two attached hydrogens (primary N) is 1. The molecule has 1 amide bonds.